The summed E-state index contributed by atoms with van der Waals surface area (Å²) < 4.78 is 0.385. The lowest BCUT2D eigenvalue weighted by Crippen LogP contribution is -2.32. The smallest absolute Gasteiger partial charge is 0.0991 e. The van der Waals surface area contributed by atoms with Crippen molar-refractivity contribution >= 4 is 17.6 Å². The molecule has 1 rings (SSSR count). The third-order valence-electron chi connectivity index (χ3n) is 3.25. The fourth-order valence-electron chi connectivity index (χ4n) is 1.91. The number of amidine groups is 1. The minimum Gasteiger partial charge on any atom is -0.387 e. The van der Waals surface area contributed by atoms with Crippen molar-refractivity contribution in [1.29, 1.82) is 0 Å². The fraction of sp³-hybridized carbons (Fsp3) is 0.917. The van der Waals surface area contributed by atoms with Crippen molar-refractivity contribution in [1.82, 2.24) is 0 Å². The zero-order valence-electron chi connectivity index (χ0n) is 10.5. The van der Waals surface area contributed by atoms with Gasteiger partial charge in [-0.2, -0.15) is 11.8 Å². The van der Waals surface area contributed by atoms with Crippen molar-refractivity contribution < 1.29 is 0 Å². The van der Waals surface area contributed by atoms with E-state index in [4.69, 9.17) is 5.73 Å². The van der Waals surface area contributed by atoms with Gasteiger partial charge in [-0.25, -0.2) is 0 Å². The summed E-state index contributed by atoms with van der Waals surface area (Å²) in [5.74, 6) is 0.794. The Morgan fingerprint density at radius 2 is 1.87 bits per heavy atom. The van der Waals surface area contributed by atoms with Gasteiger partial charge in [0, 0.05) is 10.2 Å². The standard InChI is InChI=1S/C12H24N2S/c1-11(2,3)10(13)14-9-12(15-4)7-5-6-8-12/h5-9H2,1-4H3,(H2,13,14). The lowest BCUT2D eigenvalue weighted by molar-refractivity contribution is 0.568. The van der Waals surface area contributed by atoms with Gasteiger partial charge in [-0.3, -0.25) is 4.99 Å². The minimum absolute atomic E-state index is 0.0121. The van der Waals surface area contributed by atoms with Crippen LogP contribution in [0.15, 0.2) is 4.99 Å². The molecule has 1 fully saturated rings. The molecular weight excluding hydrogens is 204 g/mol. The highest BCUT2D eigenvalue weighted by Gasteiger charge is 2.33. The number of nitrogens with two attached hydrogens (primary N) is 1. The Balaban J connectivity index is 2.61. The molecule has 0 aliphatic heterocycles. The van der Waals surface area contributed by atoms with Crippen LogP contribution >= 0.6 is 11.8 Å². The Morgan fingerprint density at radius 3 is 2.27 bits per heavy atom. The van der Waals surface area contributed by atoms with Crippen molar-refractivity contribution in [3.63, 3.8) is 0 Å². The van der Waals surface area contributed by atoms with Gasteiger partial charge in [-0.05, 0) is 19.1 Å². The van der Waals surface area contributed by atoms with Crippen molar-refractivity contribution in [2.75, 3.05) is 12.8 Å². The summed E-state index contributed by atoms with van der Waals surface area (Å²) in [6.07, 6.45) is 7.51. The molecule has 0 saturated heterocycles. The summed E-state index contributed by atoms with van der Waals surface area (Å²) in [6.45, 7) is 7.25. The molecule has 0 spiro atoms. The third-order valence-corrected chi connectivity index (χ3v) is 4.66. The van der Waals surface area contributed by atoms with Gasteiger partial charge in [-0.1, -0.05) is 33.6 Å². The predicted octanol–water partition coefficient (Wildman–Crippen LogP) is 3.07. The molecule has 0 aromatic rings. The molecule has 1 aliphatic carbocycles. The highest BCUT2D eigenvalue weighted by atomic mass is 32.2. The maximum absolute atomic E-state index is 5.98. The molecule has 1 aliphatic rings. The van der Waals surface area contributed by atoms with Crippen LogP contribution in [0.25, 0.3) is 0 Å². The second-order valence-corrected chi connectivity index (χ2v) is 6.82. The number of nitrogens with zero attached hydrogens (tertiary/aromatic N) is 1. The van der Waals surface area contributed by atoms with Gasteiger partial charge in [0.05, 0.1) is 12.4 Å². The van der Waals surface area contributed by atoms with Crippen LogP contribution in [0.1, 0.15) is 46.5 Å². The van der Waals surface area contributed by atoms with E-state index in [1.807, 2.05) is 11.8 Å². The van der Waals surface area contributed by atoms with E-state index in [0.717, 1.165) is 12.4 Å². The van der Waals surface area contributed by atoms with Crippen LogP contribution in [0.5, 0.6) is 0 Å². The van der Waals surface area contributed by atoms with Crippen molar-refractivity contribution in [2.45, 2.75) is 51.2 Å². The number of thioether (sulfide) groups is 1. The van der Waals surface area contributed by atoms with E-state index in [1.54, 1.807) is 0 Å². The second kappa shape index (κ2) is 4.77. The third kappa shape index (κ3) is 3.40. The molecule has 0 aromatic heterocycles. The molecule has 0 heterocycles. The zero-order valence-corrected chi connectivity index (χ0v) is 11.3. The summed E-state index contributed by atoms with van der Waals surface area (Å²) >= 11 is 1.97. The van der Waals surface area contributed by atoms with Crippen LogP contribution in [0.4, 0.5) is 0 Å². The Labute approximate surface area is 98.1 Å². The van der Waals surface area contributed by atoms with Crippen molar-refractivity contribution in [3.8, 4) is 0 Å². The lowest BCUT2D eigenvalue weighted by atomic mass is 9.95. The molecule has 3 heteroatoms. The molecule has 2 nitrogen and oxygen atoms in total. The van der Waals surface area contributed by atoms with Gasteiger partial charge in [0.15, 0.2) is 0 Å². The molecule has 1 saturated carbocycles. The Hall–Kier alpha value is -0.180. The average Bonchev–Trinajstić information content (AvgIpc) is 2.62. The summed E-state index contributed by atoms with van der Waals surface area (Å²) in [5, 5.41) is 0. The normalized spacial score (nSPS) is 22.0. The molecule has 0 unspecified atom stereocenters. The first-order valence-corrected chi connectivity index (χ1v) is 6.98. The van der Waals surface area contributed by atoms with E-state index in [-0.39, 0.29) is 5.41 Å². The fourth-order valence-corrected chi connectivity index (χ4v) is 2.80. The van der Waals surface area contributed by atoms with Crippen LogP contribution in [-0.2, 0) is 0 Å². The zero-order chi connectivity index (χ0) is 11.5. The van der Waals surface area contributed by atoms with Crippen LogP contribution in [0.3, 0.4) is 0 Å². The number of hydrogen-bond donors (Lipinski definition) is 1. The SMILES string of the molecule is CSC1(CN=C(N)C(C)(C)C)CCCC1. The average molecular weight is 228 g/mol. The van der Waals surface area contributed by atoms with Gasteiger partial charge in [0.2, 0.25) is 0 Å². The van der Waals surface area contributed by atoms with Gasteiger partial charge >= 0.3 is 0 Å². The first-order chi connectivity index (χ1) is 6.90. The van der Waals surface area contributed by atoms with Crippen LogP contribution in [-0.4, -0.2) is 23.4 Å². The first-order valence-electron chi connectivity index (χ1n) is 5.75. The van der Waals surface area contributed by atoms with E-state index >= 15 is 0 Å². The molecular formula is C12H24N2S. The Morgan fingerprint density at radius 1 is 1.33 bits per heavy atom. The topological polar surface area (TPSA) is 38.4 Å². The van der Waals surface area contributed by atoms with E-state index in [9.17, 15) is 0 Å². The minimum atomic E-state index is 0.0121. The predicted molar refractivity (Wildman–Crippen MR) is 70.7 cm³/mol. The largest absolute Gasteiger partial charge is 0.387 e. The van der Waals surface area contributed by atoms with Crippen molar-refractivity contribution in [2.24, 2.45) is 16.1 Å². The molecule has 2 N–H and O–H groups in total. The van der Waals surface area contributed by atoms with E-state index in [1.165, 1.54) is 25.7 Å². The second-order valence-electron chi connectivity index (χ2n) is 5.55. The van der Waals surface area contributed by atoms with Gasteiger partial charge < -0.3 is 5.73 Å². The number of aliphatic imine (C=N–C) groups is 1. The molecule has 88 valence electrons. The first kappa shape index (κ1) is 12.9. The lowest BCUT2D eigenvalue weighted by Gasteiger charge is -2.26. The van der Waals surface area contributed by atoms with Gasteiger partial charge in [0.25, 0.3) is 0 Å². The van der Waals surface area contributed by atoms with Crippen LogP contribution < -0.4 is 5.73 Å². The monoisotopic (exact) mass is 228 g/mol. The maximum Gasteiger partial charge on any atom is 0.0991 e. The highest BCUT2D eigenvalue weighted by molar-refractivity contribution is 8.00. The van der Waals surface area contributed by atoms with E-state index in [2.05, 4.69) is 32.0 Å². The number of hydrogen-bond acceptors (Lipinski definition) is 2. The summed E-state index contributed by atoms with van der Waals surface area (Å²) in [5.41, 5.74) is 6.00. The van der Waals surface area contributed by atoms with Crippen molar-refractivity contribution in [3.05, 3.63) is 0 Å². The quantitative estimate of drug-likeness (QED) is 0.595. The molecule has 0 radical (unpaired) electrons. The summed E-state index contributed by atoms with van der Waals surface area (Å²) in [6, 6.07) is 0. The molecule has 0 aromatic carbocycles. The molecule has 15 heavy (non-hydrogen) atoms. The highest BCUT2D eigenvalue weighted by Crippen LogP contribution is 2.40. The Bertz CT molecular complexity index is 234. The maximum atomic E-state index is 5.98. The van der Waals surface area contributed by atoms with Crippen LogP contribution in [0, 0.1) is 5.41 Å². The number of rotatable bonds is 3. The molecule has 0 bridgehead atoms. The molecule has 0 atom stereocenters. The van der Waals surface area contributed by atoms with E-state index in [0.29, 0.717) is 4.75 Å². The Kier molecular flexibility index (Phi) is 4.10. The molecule has 0 amide bonds. The summed E-state index contributed by atoms with van der Waals surface area (Å²) in [4.78, 5) is 4.59. The van der Waals surface area contributed by atoms with Gasteiger partial charge in [0.1, 0.15) is 0 Å². The van der Waals surface area contributed by atoms with Crippen LogP contribution in [0.2, 0.25) is 0 Å². The van der Waals surface area contributed by atoms with Gasteiger partial charge in [-0.15, -0.1) is 0 Å². The van der Waals surface area contributed by atoms with E-state index < -0.39 is 0 Å². The summed E-state index contributed by atoms with van der Waals surface area (Å²) in [7, 11) is 0.